The highest BCUT2D eigenvalue weighted by Gasteiger charge is 2.59. The summed E-state index contributed by atoms with van der Waals surface area (Å²) in [6.07, 6.45) is 4.77. The molecule has 0 unspecified atom stereocenters. The molecule has 4 atom stereocenters. The molecule has 1 saturated heterocycles. The summed E-state index contributed by atoms with van der Waals surface area (Å²) in [6.45, 7) is 0. The molecule has 0 aromatic heterocycles. The van der Waals surface area contributed by atoms with Crippen LogP contribution in [0.3, 0.4) is 0 Å². The third-order valence-electron chi connectivity index (χ3n) is 4.62. The molecule has 0 N–H and O–H groups in total. The summed E-state index contributed by atoms with van der Waals surface area (Å²) in [7, 11) is 0. The summed E-state index contributed by atoms with van der Waals surface area (Å²) in [5, 5.41) is 0. The van der Waals surface area contributed by atoms with E-state index < -0.39 is 11.6 Å². The van der Waals surface area contributed by atoms with Crippen molar-refractivity contribution in [3.63, 3.8) is 0 Å². The Morgan fingerprint density at radius 1 is 1.00 bits per heavy atom. The summed E-state index contributed by atoms with van der Waals surface area (Å²) in [4.78, 5) is 25.8. The highest BCUT2D eigenvalue weighted by atomic mass is 19.1. The second-order valence-corrected chi connectivity index (χ2v) is 5.61. The lowest BCUT2D eigenvalue weighted by Gasteiger charge is -2.17. The fourth-order valence-corrected chi connectivity index (χ4v) is 3.80. The molecule has 5 heteroatoms. The Morgan fingerprint density at radius 3 is 2.15 bits per heavy atom. The van der Waals surface area contributed by atoms with Crippen LogP contribution < -0.4 is 4.90 Å². The van der Waals surface area contributed by atoms with Crippen LogP contribution in [-0.4, -0.2) is 11.8 Å². The van der Waals surface area contributed by atoms with E-state index >= 15 is 0 Å². The Labute approximate surface area is 113 Å². The molecule has 2 aliphatic carbocycles. The lowest BCUT2D eigenvalue weighted by Crippen LogP contribution is -2.33. The van der Waals surface area contributed by atoms with Gasteiger partial charge in [-0.15, -0.1) is 0 Å². The third-order valence-corrected chi connectivity index (χ3v) is 4.62. The van der Waals surface area contributed by atoms with E-state index in [1.807, 2.05) is 12.2 Å². The van der Waals surface area contributed by atoms with Gasteiger partial charge in [-0.2, -0.15) is 0 Å². The minimum atomic E-state index is -0.882. The Bertz CT molecular complexity index is 640. The number of allylic oxidation sites excluding steroid dienone is 2. The molecule has 3 nitrogen and oxygen atoms in total. The van der Waals surface area contributed by atoms with E-state index in [4.69, 9.17) is 0 Å². The number of imide groups is 1. The van der Waals surface area contributed by atoms with Crippen LogP contribution in [0.5, 0.6) is 0 Å². The van der Waals surface area contributed by atoms with E-state index in [2.05, 4.69) is 0 Å². The summed E-state index contributed by atoms with van der Waals surface area (Å²) < 4.78 is 26.8. The number of rotatable bonds is 1. The highest BCUT2D eigenvalue weighted by molar-refractivity contribution is 6.22. The smallest absolute Gasteiger partial charge is 0.238 e. The minimum Gasteiger partial charge on any atom is -0.274 e. The van der Waals surface area contributed by atoms with E-state index in [1.165, 1.54) is 0 Å². The number of amides is 2. The molecule has 1 aromatic rings. The van der Waals surface area contributed by atoms with Crippen molar-refractivity contribution < 1.29 is 18.4 Å². The maximum Gasteiger partial charge on any atom is 0.238 e. The van der Waals surface area contributed by atoms with Crippen molar-refractivity contribution in [3.8, 4) is 0 Å². The van der Waals surface area contributed by atoms with Crippen molar-refractivity contribution in [3.05, 3.63) is 42.0 Å². The quantitative estimate of drug-likeness (QED) is 0.582. The Morgan fingerprint density at radius 2 is 1.60 bits per heavy atom. The van der Waals surface area contributed by atoms with Crippen LogP contribution in [0, 0.1) is 35.3 Å². The van der Waals surface area contributed by atoms with Gasteiger partial charge < -0.3 is 0 Å². The van der Waals surface area contributed by atoms with Crippen LogP contribution in [0.1, 0.15) is 6.42 Å². The zero-order valence-electron chi connectivity index (χ0n) is 10.4. The monoisotopic (exact) mass is 275 g/mol. The van der Waals surface area contributed by atoms with Crippen molar-refractivity contribution in [2.24, 2.45) is 23.7 Å². The molecule has 1 aromatic carbocycles. The molecular weight excluding hydrogens is 264 g/mol. The van der Waals surface area contributed by atoms with Gasteiger partial charge in [0.05, 0.1) is 17.5 Å². The van der Waals surface area contributed by atoms with Crippen LogP contribution >= 0.6 is 0 Å². The number of nitrogens with zero attached hydrogens (tertiary/aromatic N) is 1. The number of carbonyl (C=O) groups excluding carboxylic acids is 2. The first kappa shape index (κ1) is 11.8. The summed E-state index contributed by atoms with van der Waals surface area (Å²) in [5.41, 5.74) is -0.143. The maximum atomic E-state index is 13.8. The molecule has 1 heterocycles. The van der Waals surface area contributed by atoms with Gasteiger partial charge in [0.1, 0.15) is 11.6 Å². The fraction of sp³-hybridized carbons (Fsp3) is 0.333. The van der Waals surface area contributed by atoms with Crippen molar-refractivity contribution in [2.45, 2.75) is 6.42 Å². The Kier molecular flexibility index (Phi) is 2.20. The molecule has 2 fully saturated rings. The molecule has 0 radical (unpaired) electrons. The second-order valence-electron chi connectivity index (χ2n) is 5.61. The zero-order chi connectivity index (χ0) is 14.0. The van der Waals surface area contributed by atoms with Gasteiger partial charge in [0, 0.05) is 6.07 Å². The molecule has 102 valence electrons. The van der Waals surface area contributed by atoms with E-state index in [9.17, 15) is 18.4 Å². The van der Waals surface area contributed by atoms with Crippen LogP contribution in [0.4, 0.5) is 14.5 Å². The molecule has 20 heavy (non-hydrogen) atoms. The van der Waals surface area contributed by atoms with Crippen LogP contribution in [-0.2, 0) is 9.59 Å². The number of hydrogen-bond donors (Lipinski definition) is 0. The highest BCUT2D eigenvalue weighted by Crippen LogP contribution is 2.53. The average Bonchev–Trinajstić information content (AvgIpc) is 3.06. The normalized spacial score (nSPS) is 34.2. The predicted octanol–water partition coefficient (Wildman–Crippen LogP) is 2.28. The van der Waals surface area contributed by atoms with Crippen LogP contribution in [0.25, 0.3) is 0 Å². The molecule has 2 bridgehead atoms. The number of benzene rings is 1. The molecular formula is C15H11F2NO2. The summed E-state index contributed by atoms with van der Waals surface area (Å²) in [5.74, 6) is -2.92. The topological polar surface area (TPSA) is 37.4 Å². The van der Waals surface area contributed by atoms with Crippen molar-refractivity contribution >= 4 is 17.5 Å². The number of anilines is 1. The van der Waals surface area contributed by atoms with Gasteiger partial charge in [0.15, 0.2) is 0 Å². The van der Waals surface area contributed by atoms with Gasteiger partial charge in [-0.3, -0.25) is 9.59 Å². The minimum absolute atomic E-state index is 0.0787. The van der Waals surface area contributed by atoms with Gasteiger partial charge in [-0.1, -0.05) is 12.2 Å². The first-order valence-electron chi connectivity index (χ1n) is 6.59. The Balaban J connectivity index is 1.78. The molecule has 0 spiro atoms. The molecule has 4 rings (SSSR count). The zero-order valence-corrected chi connectivity index (χ0v) is 10.4. The number of carbonyl (C=O) groups is 2. The van der Waals surface area contributed by atoms with Gasteiger partial charge in [-0.25, -0.2) is 13.7 Å². The third kappa shape index (κ3) is 1.32. The summed E-state index contributed by atoms with van der Waals surface area (Å²) in [6, 6.07) is 2.90. The van der Waals surface area contributed by atoms with Crippen LogP contribution in [0.15, 0.2) is 30.4 Å². The van der Waals surface area contributed by atoms with Crippen molar-refractivity contribution in [1.29, 1.82) is 0 Å². The standard InChI is InChI=1S/C15H11F2NO2/c16-9-3-4-11(10(17)6-9)18-14(19)12-7-1-2-8(5-7)13(12)15(18)20/h1-4,6-8,12-13H,5H2/t7-,8+,12-,13-/m0/s1. The molecule has 2 amide bonds. The van der Waals surface area contributed by atoms with Gasteiger partial charge in [0.25, 0.3) is 0 Å². The molecule has 1 saturated carbocycles. The molecule has 3 aliphatic rings. The molecule has 1 aliphatic heterocycles. The lowest BCUT2D eigenvalue weighted by atomic mass is 9.85. The first-order chi connectivity index (χ1) is 9.58. The number of fused-ring (bicyclic) bond motifs is 5. The Hall–Kier alpha value is -2.04. The van der Waals surface area contributed by atoms with Gasteiger partial charge in [0.2, 0.25) is 11.8 Å². The number of hydrogen-bond acceptors (Lipinski definition) is 2. The van der Waals surface area contributed by atoms with Crippen molar-refractivity contribution in [1.82, 2.24) is 0 Å². The summed E-state index contributed by atoms with van der Waals surface area (Å²) >= 11 is 0. The van der Waals surface area contributed by atoms with Crippen LogP contribution in [0.2, 0.25) is 0 Å². The number of halogens is 2. The predicted molar refractivity (Wildman–Crippen MR) is 66.6 cm³/mol. The largest absolute Gasteiger partial charge is 0.274 e. The average molecular weight is 275 g/mol. The van der Waals surface area contributed by atoms with E-state index in [-0.39, 0.29) is 41.2 Å². The van der Waals surface area contributed by atoms with E-state index in [0.29, 0.717) is 6.07 Å². The van der Waals surface area contributed by atoms with Crippen molar-refractivity contribution in [2.75, 3.05) is 4.90 Å². The lowest BCUT2D eigenvalue weighted by molar-refractivity contribution is -0.123. The SMILES string of the molecule is O=C1[C@@H]2[C@@H](C(=O)N1c1ccc(F)cc1F)[C@H]1C=C[C@@H]2C1. The maximum absolute atomic E-state index is 13.8. The fourth-order valence-electron chi connectivity index (χ4n) is 3.80. The van der Waals surface area contributed by atoms with E-state index in [1.54, 1.807) is 0 Å². The van der Waals surface area contributed by atoms with E-state index in [0.717, 1.165) is 23.5 Å². The van der Waals surface area contributed by atoms with Gasteiger partial charge in [-0.05, 0) is 30.4 Å². The second kappa shape index (κ2) is 3.75. The van der Waals surface area contributed by atoms with Gasteiger partial charge >= 0.3 is 0 Å². The first-order valence-corrected chi connectivity index (χ1v) is 6.59.